The van der Waals surface area contributed by atoms with Gasteiger partial charge in [0.15, 0.2) is 0 Å². The fourth-order valence-electron chi connectivity index (χ4n) is 7.49. The number of benzene rings is 7. The fourth-order valence-corrected chi connectivity index (χ4v) is 8.43. The maximum atomic E-state index is 2.31. The molecule has 0 amide bonds. The zero-order valence-electron chi connectivity index (χ0n) is 41.2. The number of rotatable bonds is 7. The molecule has 1 heterocycles. The molecule has 0 saturated carbocycles. The summed E-state index contributed by atoms with van der Waals surface area (Å²) in [5, 5.41) is 0. The SMILES string of the molecule is C/C=C/c1cc(C)c(C)cc1C.Cc1cc(C)c(C)cc1C.Cc1cc(C)c(C)s1.Cc1ccc(N(c2ccc(C)cc2)c2ccc(C=C(c3ccccc3)c3ccccc3)cc2)cc1. The molecule has 2 heteroatoms. The van der Waals surface area contributed by atoms with Crippen molar-refractivity contribution in [1.29, 1.82) is 0 Å². The number of hydrogen-bond acceptors (Lipinski definition) is 2. The normalized spacial score (nSPS) is 10.5. The molecular weight excluding hydrogens is 803 g/mol. The third-order valence-corrected chi connectivity index (χ3v) is 12.9. The molecule has 0 spiro atoms. The van der Waals surface area contributed by atoms with Crippen LogP contribution in [0.4, 0.5) is 17.1 Å². The largest absolute Gasteiger partial charge is 0.311 e. The lowest BCUT2D eigenvalue weighted by atomic mass is 9.95. The summed E-state index contributed by atoms with van der Waals surface area (Å²) >= 11 is 1.87. The Morgan fingerprint density at radius 2 is 0.785 bits per heavy atom. The molecule has 0 fully saturated rings. The Bertz CT molecular complexity index is 2630. The van der Waals surface area contributed by atoms with Gasteiger partial charge in [-0.15, -0.1) is 11.3 Å². The van der Waals surface area contributed by atoms with Crippen LogP contribution in [0.2, 0.25) is 0 Å². The van der Waals surface area contributed by atoms with Crippen molar-refractivity contribution in [2.75, 3.05) is 4.90 Å². The van der Waals surface area contributed by atoms with Gasteiger partial charge in [-0.1, -0.05) is 145 Å². The van der Waals surface area contributed by atoms with Gasteiger partial charge in [0.1, 0.15) is 0 Å². The van der Waals surface area contributed by atoms with Crippen LogP contribution in [0.5, 0.6) is 0 Å². The van der Waals surface area contributed by atoms with Crippen molar-refractivity contribution in [3.05, 3.63) is 258 Å². The van der Waals surface area contributed by atoms with E-state index in [9.17, 15) is 0 Å². The maximum absolute atomic E-state index is 2.31. The Balaban J connectivity index is 0.000000213. The molecule has 0 aliphatic heterocycles. The maximum Gasteiger partial charge on any atom is 0.0462 e. The number of allylic oxidation sites excluding steroid dienone is 1. The Hall–Kier alpha value is -6.48. The number of anilines is 3. The van der Waals surface area contributed by atoms with Crippen LogP contribution in [-0.4, -0.2) is 0 Å². The molecular formula is C63H69NS. The molecule has 0 atom stereocenters. The van der Waals surface area contributed by atoms with Crippen molar-refractivity contribution in [2.24, 2.45) is 0 Å². The summed E-state index contributed by atoms with van der Waals surface area (Å²) < 4.78 is 0. The summed E-state index contributed by atoms with van der Waals surface area (Å²) in [6.45, 7) is 27.8. The van der Waals surface area contributed by atoms with E-state index in [4.69, 9.17) is 0 Å². The van der Waals surface area contributed by atoms with Crippen molar-refractivity contribution in [2.45, 2.75) is 90.0 Å². The lowest BCUT2D eigenvalue weighted by Gasteiger charge is -2.26. The zero-order chi connectivity index (χ0) is 47.0. The molecule has 8 rings (SSSR count). The van der Waals surface area contributed by atoms with Crippen molar-refractivity contribution >= 4 is 46.1 Å². The van der Waals surface area contributed by atoms with Gasteiger partial charge in [0, 0.05) is 26.8 Å². The van der Waals surface area contributed by atoms with Crippen LogP contribution in [-0.2, 0) is 0 Å². The van der Waals surface area contributed by atoms with Crippen molar-refractivity contribution in [1.82, 2.24) is 0 Å². The minimum Gasteiger partial charge on any atom is -0.311 e. The highest BCUT2D eigenvalue weighted by molar-refractivity contribution is 7.12. The third-order valence-electron chi connectivity index (χ3n) is 11.8. The molecule has 0 unspecified atom stereocenters. The first-order chi connectivity index (χ1) is 31.1. The van der Waals surface area contributed by atoms with Gasteiger partial charge < -0.3 is 4.90 Å². The van der Waals surface area contributed by atoms with Gasteiger partial charge in [-0.05, 0) is 211 Å². The van der Waals surface area contributed by atoms with Crippen LogP contribution in [0.25, 0.3) is 17.7 Å². The second kappa shape index (κ2) is 24.0. The van der Waals surface area contributed by atoms with E-state index in [0.29, 0.717) is 0 Å². The van der Waals surface area contributed by atoms with E-state index in [1.54, 1.807) is 0 Å². The van der Waals surface area contributed by atoms with Crippen LogP contribution >= 0.6 is 11.3 Å². The van der Waals surface area contributed by atoms with Crippen molar-refractivity contribution in [3.8, 4) is 0 Å². The van der Waals surface area contributed by atoms with Gasteiger partial charge in [0.2, 0.25) is 0 Å². The topological polar surface area (TPSA) is 3.24 Å². The van der Waals surface area contributed by atoms with Crippen LogP contribution < -0.4 is 4.90 Å². The first-order valence-electron chi connectivity index (χ1n) is 22.8. The van der Waals surface area contributed by atoms with E-state index < -0.39 is 0 Å². The number of thiophene rings is 1. The predicted molar refractivity (Wildman–Crippen MR) is 290 cm³/mol. The highest BCUT2D eigenvalue weighted by Gasteiger charge is 2.13. The fraction of sp³-hybridized carbons (Fsp3) is 0.206. The first kappa shape index (κ1) is 49.5. The van der Waals surface area contributed by atoms with Gasteiger partial charge in [-0.2, -0.15) is 0 Å². The van der Waals surface area contributed by atoms with Crippen LogP contribution in [0.3, 0.4) is 0 Å². The second-order valence-corrected chi connectivity index (χ2v) is 18.8. The molecule has 0 radical (unpaired) electrons. The summed E-state index contributed by atoms with van der Waals surface area (Å²) in [6, 6.07) is 58.6. The molecule has 65 heavy (non-hydrogen) atoms. The molecule has 1 aromatic heterocycles. The van der Waals surface area contributed by atoms with Crippen LogP contribution in [0.15, 0.2) is 170 Å². The van der Waals surface area contributed by atoms with Crippen LogP contribution in [0.1, 0.15) is 94.6 Å². The molecule has 0 aliphatic carbocycles. The Morgan fingerprint density at radius 3 is 1.14 bits per heavy atom. The van der Waals surface area contributed by atoms with Gasteiger partial charge in [-0.25, -0.2) is 0 Å². The van der Waals surface area contributed by atoms with Crippen molar-refractivity contribution in [3.63, 3.8) is 0 Å². The molecule has 0 bridgehead atoms. The number of hydrogen-bond donors (Lipinski definition) is 0. The van der Waals surface area contributed by atoms with Gasteiger partial charge >= 0.3 is 0 Å². The number of aryl methyl sites for hydroxylation is 12. The van der Waals surface area contributed by atoms with Gasteiger partial charge in [-0.3, -0.25) is 0 Å². The second-order valence-electron chi connectivity index (χ2n) is 17.3. The minimum absolute atomic E-state index is 1.14. The standard InChI is InChI=1S/C34H29N.C12H16.C10H14.C7H10S/c1-26-13-19-31(20-14-26)35(32-21-15-27(2)16-22-32)33-23-17-28(18-24-33)25-34(29-9-5-3-6-10-29)30-11-7-4-8-12-30;1-5-6-12-8-10(3)9(2)7-11(12)4;1-7-5-9(3)10(4)6-8(7)2;1-5-4-6(2)8-7(5)3/h3-25H,1-2H3;5-8H,1-4H3;5-6H,1-4H3;4H,1-3H3/b;6-5+;;. The quantitative estimate of drug-likeness (QED) is 0.144. The van der Waals surface area contributed by atoms with Crippen molar-refractivity contribution < 1.29 is 0 Å². The average Bonchev–Trinajstić information content (AvgIpc) is 3.60. The molecule has 0 saturated heterocycles. The Labute approximate surface area is 396 Å². The zero-order valence-corrected chi connectivity index (χ0v) is 42.0. The van der Waals surface area contributed by atoms with Gasteiger partial charge in [0.25, 0.3) is 0 Å². The first-order valence-corrected chi connectivity index (χ1v) is 23.6. The summed E-state index contributed by atoms with van der Waals surface area (Å²) in [5.74, 6) is 0. The Morgan fingerprint density at radius 1 is 0.400 bits per heavy atom. The Kier molecular flexibility index (Phi) is 18.3. The van der Waals surface area contributed by atoms with E-state index in [-0.39, 0.29) is 0 Å². The lowest BCUT2D eigenvalue weighted by Crippen LogP contribution is -2.09. The van der Waals surface area contributed by atoms with E-state index in [1.165, 1.54) is 93.2 Å². The van der Waals surface area contributed by atoms with E-state index in [2.05, 4.69) is 277 Å². The molecule has 0 N–H and O–H groups in total. The smallest absolute Gasteiger partial charge is 0.0462 e. The third kappa shape index (κ3) is 14.5. The monoisotopic (exact) mass is 872 g/mol. The molecule has 332 valence electrons. The minimum atomic E-state index is 1.14. The average molecular weight is 872 g/mol. The van der Waals surface area contributed by atoms with E-state index in [1.807, 2.05) is 11.3 Å². The summed E-state index contributed by atoms with van der Waals surface area (Å²) in [6.07, 6.45) is 6.51. The predicted octanol–water partition coefficient (Wildman–Crippen LogP) is 18.6. The molecule has 8 aromatic rings. The highest BCUT2D eigenvalue weighted by atomic mass is 32.1. The molecule has 1 nitrogen and oxygen atoms in total. The van der Waals surface area contributed by atoms with E-state index in [0.717, 1.165) is 17.1 Å². The highest BCUT2D eigenvalue weighted by Crippen LogP contribution is 2.35. The summed E-state index contributed by atoms with van der Waals surface area (Å²) in [5.41, 5.74) is 23.2. The summed E-state index contributed by atoms with van der Waals surface area (Å²) in [7, 11) is 0. The van der Waals surface area contributed by atoms with Crippen LogP contribution in [0, 0.1) is 83.1 Å². The molecule has 7 aromatic carbocycles. The van der Waals surface area contributed by atoms with Gasteiger partial charge in [0.05, 0.1) is 0 Å². The summed E-state index contributed by atoms with van der Waals surface area (Å²) in [4.78, 5) is 5.17. The lowest BCUT2D eigenvalue weighted by molar-refractivity contribution is 1.24. The van der Waals surface area contributed by atoms with E-state index >= 15 is 0 Å². The molecule has 0 aliphatic rings. The number of nitrogens with zero attached hydrogens (tertiary/aromatic N) is 1.